The number of para-hydroxylation sites is 1. The number of rotatable bonds is 9. The summed E-state index contributed by atoms with van der Waals surface area (Å²) < 4.78 is 7.80. The number of hydrogen-bond acceptors (Lipinski definition) is 6. The number of unbranched alkanes of at least 4 members (excludes halogenated alkanes) is 2. The third-order valence-electron chi connectivity index (χ3n) is 5.67. The second-order valence-corrected chi connectivity index (χ2v) is 8.21. The lowest BCUT2D eigenvalue weighted by molar-refractivity contribution is 0.220. The molecular weight excluding hydrogens is 376 g/mol. The number of aromatic nitrogens is 4. The first-order chi connectivity index (χ1) is 14.7. The summed E-state index contributed by atoms with van der Waals surface area (Å²) in [6, 6.07) is 8.48. The van der Waals surface area contributed by atoms with Crippen molar-refractivity contribution >= 4 is 0 Å². The maximum Gasteiger partial charge on any atom is 0.241 e. The Hall–Kier alpha value is -2.51. The summed E-state index contributed by atoms with van der Waals surface area (Å²) in [4.78, 5) is 14.1. The molecule has 30 heavy (non-hydrogen) atoms. The Bertz CT molecular complexity index is 954. The molecule has 0 fully saturated rings. The van der Waals surface area contributed by atoms with Gasteiger partial charge in [-0.2, -0.15) is 4.98 Å². The normalized spacial score (nSPS) is 14.0. The van der Waals surface area contributed by atoms with Gasteiger partial charge in [-0.05, 0) is 44.6 Å². The molecule has 7 heteroatoms. The van der Waals surface area contributed by atoms with Gasteiger partial charge in [0.15, 0.2) is 0 Å². The van der Waals surface area contributed by atoms with Gasteiger partial charge in [-0.1, -0.05) is 50.0 Å². The van der Waals surface area contributed by atoms with E-state index in [4.69, 9.17) is 9.51 Å². The average molecular weight is 409 g/mol. The summed E-state index contributed by atoms with van der Waals surface area (Å²) in [6.45, 7) is 8.97. The van der Waals surface area contributed by atoms with Gasteiger partial charge in [0.2, 0.25) is 11.7 Å². The summed E-state index contributed by atoms with van der Waals surface area (Å²) in [7, 11) is 2.13. The molecule has 3 aromatic rings. The Balaban J connectivity index is 1.58. The maximum absolute atomic E-state index is 5.63. The monoisotopic (exact) mass is 408 g/mol. The lowest BCUT2D eigenvalue weighted by Crippen LogP contribution is -2.25. The SMILES string of the molecule is CCCCN(CCCC)Cc1nc(-c2ncn3c2CN(C)Cc2ccccc2-3)no1. The van der Waals surface area contributed by atoms with E-state index in [1.54, 1.807) is 0 Å². The Morgan fingerprint density at radius 1 is 1.07 bits per heavy atom. The van der Waals surface area contributed by atoms with Crippen LogP contribution in [-0.2, 0) is 19.6 Å². The van der Waals surface area contributed by atoms with Crippen molar-refractivity contribution in [1.29, 1.82) is 0 Å². The fourth-order valence-electron chi connectivity index (χ4n) is 4.04. The fourth-order valence-corrected chi connectivity index (χ4v) is 4.04. The topological polar surface area (TPSA) is 63.2 Å². The van der Waals surface area contributed by atoms with Crippen molar-refractivity contribution in [3.8, 4) is 17.2 Å². The smallest absolute Gasteiger partial charge is 0.241 e. The van der Waals surface area contributed by atoms with Crippen LogP contribution in [0.15, 0.2) is 35.1 Å². The molecular formula is C23H32N6O. The number of benzene rings is 1. The first kappa shape index (κ1) is 20.8. The molecule has 0 unspecified atom stereocenters. The Morgan fingerprint density at radius 3 is 2.60 bits per heavy atom. The molecule has 3 heterocycles. The summed E-state index contributed by atoms with van der Waals surface area (Å²) in [6.07, 6.45) is 6.63. The Morgan fingerprint density at radius 2 is 1.83 bits per heavy atom. The minimum atomic E-state index is 0.581. The molecule has 4 rings (SSSR count). The second kappa shape index (κ2) is 9.53. The van der Waals surface area contributed by atoms with Gasteiger partial charge in [0, 0.05) is 13.1 Å². The van der Waals surface area contributed by atoms with E-state index in [1.807, 2.05) is 6.33 Å². The molecule has 1 aliphatic rings. The highest BCUT2D eigenvalue weighted by Gasteiger charge is 2.24. The lowest BCUT2D eigenvalue weighted by Gasteiger charge is -2.19. The highest BCUT2D eigenvalue weighted by atomic mass is 16.5. The van der Waals surface area contributed by atoms with E-state index in [1.165, 1.54) is 36.9 Å². The van der Waals surface area contributed by atoms with Gasteiger partial charge in [0.1, 0.15) is 12.0 Å². The summed E-state index contributed by atoms with van der Waals surface area (Å²) in [5.41, 5.74) is 4.37. The van der Waals surface area contributed by atoms with E-state index >= 15 is 0 Å². The quantitative estimate of drug-likeness (QED) is 0.527. The number of imidazole rings is 1. The lowest BCUT2D eigenvalue weighted by atomic mass is 10.2. The van der Waals surface area contributed by atoms with Gasteiger partial charge >= 0.3 is 0 Å². The molecule has 0 bridgehead atoms. The van der Waals surface area contributed by atoms with Crippen molar-refractivity contribution < 1.29 is 4.52 Å². The zero-order valence-corrected chi connectivity index (χ0v) is 18.3. The van der Waals surface area contributed by atoms with Crippen molar-refractivity contribution in [1.82, 2.24) is 29.5 Å². The third kappa shape index (κ3) is 4.47. The summed E-state index contributed by atoms with van der Waals surface area (Å²) in [5.74, 6) is 1.25. The molecule has 0 aliphatic carbocycles. The first-order valence-corrected chi connectivity index (χ1v) is 11.1. The second-order valence-electron chi connectivity index (χ2n) is 8.21. The van der Waals surface area contributed by atoms with E-state index in [-0.39, 0.29) is 0 Å². The van der Waals surface area contributed by atoms with Crippen LogP contribution >= 0.6 is 0 Å². The zero-order chi connectivity index (χ0) is 20.9. The minimum absolute atomic E-state index is 0.581. The number of fused-ring (bicyclic) bond motifs is 3. The van der Waals surface area contributed by atoms with Gasteiger partial charge in [0.05, 0.1) is 17.9 Å². The number of nitrogens with zero attached hydrogens (tertiary/aromatic N) is 6. The molecule has 7 nitrogen and oxygen atoms in total. The van der Waals surface area contributed by atoms with Crippen molar-refractivity contribution in [2.75, 3.05) is 20.1 Å². The Kier molecular flexibility index (Phi) is 6.59. The van der Waals surface area contributed by atoms with E-state index in [9.17, 15) is 0 Å². The highest BCUT2D eigenvalue weighted by molar-refractivity contribution is 5.56. The van der Waals surface area contributed by atoms with Crippen LogP contribution in [-0.4, -0.2) is 49.6 Å². The molecule has 0 spiro atoms. The van der Waals surface area contributed by atoms with Crippen LogP contribution in [0.5, 0.6) is 0 Å². The fraction of sp³-hybridized carbons (Fsp3) is 0.522. The van der Waals surface area contributed by atoms with Crippen molar-refractivity contribution in [3.05, 3.63) is 47.7 Å². The van der Waals surface area contributed by atoms with Crippen LogP contribution in [0, 0.1) is 0 Å². The minimum Gasteiger partial charge on any atom is -0.337 e. The summed E-state index contributed by atoms with van der Waals surface area (Å²) in [5, 5.41) is 4.28. The van der Waals surface area contributed by atoms with Crippen LogP contribution in [0.1, 0.15) is 56.7 Å². The Labute approximate surface area is 178 Å². The molecule has 0 amide bonds. The van der Waals surface area contributed by atoms with Crippen molar-refractivity contribution in [3.63, 3.8) is 0 Å². The molecule has 0 saturated carbocycles. The van der Waals surface area contributed by atoms with Gasteiger partial charge in [-0.3, -0.25) is 9.80 Å². The van der Waals surface area contributed by atoms with Crippen LogP contribution in [0.2, 0.25) is 0 Å². The van der Waals surface area contributed by atoms with Crippen LogP contribution in [0.4, 0.5) is 0 Å². The van der Waals surface area contributed by atoms with Gasteiger partial charge < -0.3 is 9.09 Å². The van der Waals surface area contributed by atoms with E-state index in [0.29, 0.717) is 18.3 Å². The van der Waals surface area contributed by atoms with Crippen LogP contribution in [0.25, 0.3) is 17.2 Å². The van der Waals surface area contributed by atoms with E-state index in [2.05, 4.69) is 69.7 Å². The maximum atomic E-state index is 5.63. The van der Waals surface area contributed by atoms with Crippen molar-refractivity contribution in [2.45, 2.75) is 59.2 Å². The zero-order valence-electron chi connectivity index (χ0n) is 18.3. The van der Waals surface area contributed by atoms with E-state index < -0.39 is 0 Å². The predicted octanol–water partition coefficient (Wildman–Crippen LogP) is 4.27. The van der Waals surface area contributed by atoms with Crippen LogP contribution < -0.4 is 0 Å². The van der Waals surface area contributed by atoms with Crippen molar-refractivity contribution in [2.24, 2.45) is 0 Å². The predicted molar refractivity (Wildman–Crippen MR) is 117 cm³/mol. The van der Waals surface area contributed by atoms with Gasteiger partial charge in [-0.15, -0.1) is 0 Å². The molecule has 160 valence electrons. The highest BCUT2D eigenvalue weighted by Crippen LogP contribution is 2.29. The van der Waals surface area contributed by atoms with E-state index in [0.717, 1.165) is 37.6 Å². The molecule has 2 aromatic heterocycles. The molecule has 1 aliphatic heterocycles. The largest absolute Gasteiger partial charge is 0.337 e. The molecule has 0 radical (unpaired) electrons. The summed E-state index contributed by atoms with van der Waals surface area (Å²) >= 11 is 0. The molecule has 1 aromatic carbocycles. The van der Waals surface area contributed by atoms with Gasteiger partial charge in [-0.25, -0.2) is 4.98 Å². The molecule has 0 N–H and O–H groups in total. The third-order valence-corrected chi connectivity index (χ3v) is 5.67. The van der Waals surface area contributed by atoms with Crippen LogP contribution in [0.3, 0.4) is 0 Å². The number of hydrogen-bond donors (Lipinski definition) is 0. The first-order valence-electron chi connectivity index (χ1n) is 11.1. The molecule has 0 saturated heterocycles. The van der Waals surface area contributed by atoms with Gasteiger partial charge in [0.25, 0.3) is 0 Å². The average Bonchev–Trinajstić information content (AvgIpc) is 3.34. The standard InChI is InChI=1S/C23H32N6O/c1-4-6-12-28(13-7-5-2)16-21-25-23(26-30-21)22-20-15-27(3)14-18-10-8-9-11-19(18)29(20)17-24-22/h8-11,17H,4-7,12-16H2,1-3H3. The molecule has 0 atom stereocenters.